The molecule has 0 aliphatic carbocycles. The first-order valence-electron chi connectivity index (χ1n) is 10.3. The number of para-hydroxylation sites is 1. The summed E-state index contributed by atoms with van der Waals surface area (Å²) in [5.74, 6) is 4.60. The number of guanidine groups is 1. The van der Waals surface area contributed by atoms with E-state index in [0.717, 1.165) is 37.6 Å². The first-order valence-corrected chi connectivity index (χ1v) is 10.3. The second kappa shape index (κ2) is 11.0. The molecule has 2 aromatic carbocycles. The van der Waals surface area contributed by atoms with Gasteiger partial charge in [-0.3, -0.25) is 0 Å². The number of ether oxygens (including phenoxy) is 2. The number of hydrogen-bond donors (Lipinski definition) is 2. The van der Waals surface area contributed by atoms with Crippen molar-refractivity contribution in [2.24, 2.45) is 4.99 Å². The Kier molecular flexibility index (Phi) is 7.85. The molecule has 1 aliphatic heterocycles. The summed E-state index contributed by atoms with van der Waals surface area (Å²) < 4.78 is 10.9. The largest absolute Gasteiger partial charge is 0.493 e. The van der Waals surface area contributed by atoms with E-state index in [-0.39, 0.29) is 6.61 Å². The lowest BCUT2D eigenvalue weighted by Gasteiger charge is -2.20. The number of nitrogens with zero attached hydrogens (tertiary/aromatic N) is 2. The fourth-order valence-electron chi connectivity index (χ4n) is 3.49. The number of aliphatic imine (C=N–C) groups is 1. The van der Waals surface area contributed by atoms with Crippen LogP contribution in [0.25, 0.3) is 0 Å². The lowest BCUT2D eigenvalue weighted by molar-refractivity contribution is 0.330. The summed E-state index contributed by atoms with van der Waals surface area (Å²) in [5.41, 5.74) is 2.29. The van der Waals surface area contributed by atoms with Crippen LogP contribution in [0.2, 0.25) is 0 Å². The monoisotopic (exact) mass is 406 g/mol. The topological polar surface area (TPSA) is 58.1 Å². The molecular formula is C24H30N4O2. The first-order chi connectivity index (χ1) is 14.7. The van der Waals surface area contributed by atoms with Gasteiger partial charge >= 0.3 is 0 Å². The van der Waals surface area contributed by atoms with Crippen LogP contribution in [0.15, 0.2) is 53.5 Å². The second-order valence-electron chi connectivity index (χ2n) is 7.08. The lowest BCUT2D eigenvalue weighted by Crippen LogP contribution is -2.44. The maximum absolute atomic E-state index is 5.59. The Bertz CT molecular complexity index is 877. The van der Waals surface area contributed by atoms with Gasteiger partial charge in [0.25, 0.3) is 0 Å². The number of nitrogens with one attached hydrogen (secondary N) is 2. The molecule has 1 unspecified atom stereocenters. The van der Waals surface area contributed by atoms with Gasteiger partial charge in [-0.05, 0) is 43.2 Å². The predicted octanol–water partition coefficient (Wildman–Crippen LogP) is 3.04. The molecule has 1 saturated heterocycles. The summed E-state index contributed by atoms with van der Waals surface area (Å²) in [7, 11) is 1.61. The summed E-state index contributed by atoms with van der Waals surface area (Å²) in [5, 5.41) is 6.92. The van der Waals surface area contributed by atoms with Gasteiger partial charge in [0.1, 0.15) is 6.61 Å². The number of rotatable bonds is 8. The first kappa shape index (κ1) is 21.4. The summed E-state index contributed by atoms with van der Waals surface area (Å²) in [6.07, 6.45) is 6.38. The number of methoxy groups -OCH3 is 1. The van der Waals surface area contributed by atoms with E-state index in [1.54, 1.807) is 7.11 Å². The minimum Gasteiger partial charge on any atom is -0.493 e. The molecule has 0 amide bonds. The van der Waals surface area contributed by atoms with E-state index in [0.29, 0.717) is 24.1 Å². The van der Waals surface area contributed by atoms with E-state index < -0.39 is 0 Å². The van der Waals surface area contributed by atoms with E-state index in [2.05, 4.69) is 52.6 Å². The Morgan fingerprint density at radius 1 is 1.23 bits per heavy atom. The highest BCUT2D eigenvalue weighted by molar-refractivity contribution is 5.80. The predicted molar refractivity (Wildman–Crippen MR) is 122 cm³/mol. The average molecular weight is 407 g/mol. The molecular weight excluding hydrogens is 376 g/mol. The summed E-state index contributed by atoms with van der Waals surface area (Å²) in [6, 6.07) is 16.7. The van der Waals surface area contributed by atoms with Gasteiger partial charge in [0, 0.05) is 31.4 Å². The molecule has 1 heterocycles. The third-order valence-corrected chi connectivity index (χ3v) is 4.95. The van der Waals surface area contributed by atoms with Crippen LogP contribution in [0.5, 0.6) is 11.5 Å². The number of terminal acetylenes is 1. The van der Waals surface area contributed by atoms with Crippen molar-refractivity contribution < 1.29 is 9.47 Å². The SMILES string of the molecule is C#CCOc1cc(CN=C(NCC)NC2CCN(c3ccccc3)C2)ccc1OC. The maximum atomic E-state index is 5.59. The lowest BCUT2D eigenvalue weighted by atomic mass is 10.2. The molecule has 0 aromatic heterocycles. The number of hydrogen-bond acceptors (Lipinski definition) is 4. The fraction of sp³-hybridized carbons (Fsp3) is 0.375. The van der Waals surface area contributed by atoms with Crippen molar-refractivity contribution in [3.8, 4) is 23.8 Å². The van der Waals surface area contributed by atoms with Crippen molar-refractivity contribution in [2.45, 2.75) is 25.9 Å². The van der Waals surface area contributed by atoms with Crippen LogP contribution in [0, 0.1) is 12.3 Å². The van der Waals surface area contributed by atoms with Crippen LogP contribution < -0.4 is 25.0 Å². The third kappa shape index (κ3) is 5.84. The normalized spacial score (nSPS) is 16.1. The molecule has 2 aromatic rings. The maximum Gasteiger partial charge on any atom is 0.191 e. The molecule has 0 saturated carbocycles. The zero-order chi connectivity index (χ0) is 21.2. The standard InChI is InChI=1S/C24H30N4O2/c1-4-15-30-23-16-19(11-12-22(23)29-3)17-26-24(25-5-2)27-20-13-14-28(18-20)21-9-7-6-8-10-21/h1,6-12,16,20H,5,13-15,17-18H2,2-3H3,(H2,25,26,27). The minimum atomic E-state index is 0.201. The Hall–Kier alpha value is -3.33. The highest BCUT2D eigenvalue weighted by Gasteiger charge is 2.23. The average Bonchev–Trinajstić information content (AvgIpc) is 3.25. The van der Waals surface area contributed by atoms with E-state index >= 15 is 0 Å². The molecule has 0 spiro atoms. The molecule has 0 radical (unpaired) electrons. The van der Waals surface area contributed by atoms with Crippen molar-refractivity contribution in [2.75, 3.05) is 38.3 Å². The molecule has 6 heteroatoms. The van der Waals surface area contributed by atoms with Crippen molar-refractivity contribution in [1.29, 1.82) is 0 Å². The second-order valence-corrected chi connectivity index (χ2v) is 7.08. The minimum absolute atomic E-state index is 0.201. The van der Waals surface area contributed by atoms with E-state index in [9.17, 15) is 0 Å². The van der Waals surface area contributed by atoms with Crippen molar-refractivity contribution >= 4 is 11.6 Å². The molecule has 0 bridgehead atoms. The number of benzene rings is 2. The Balaban J connectivity index is 1.63. The van der Waals surface area contributed by atoms with Crippen LogP contribution in [0.1, 0.15) is 18.9 Å². The molecule has 30 heavy (non-hydrogen) atoms. The van der Waals surface area contributed by atoms with Crippen LogP contribution in [0.3, 0.4) is 0 Å². The van der Waals surface area contributed by atoms with Crippen molar-refractivity contribution in [1.82, 2.24) is 10.6 Å². The molecule has 1 atom stereocenters. The van der Waals surface area contributed by atoms with E-state index in [1.165, 1.54) is 5.69 Å². The quantitative estimate of drug-likeness (QED) is 0.401. The smallest absolute Gasteiger partial charge is 0.191 e. The van der Waals surface area contributed by atoms with Gasteiger partial charge in [0.2, 0.25) is 0 Å². The molecule has 6 nitrogen and oxygen atoms in total. The van der Waals surface area contributed by atoms with Crippen molar-refractivity contribution in [3.05, 3.63) is 54.1 Å². The van der Waals surface area contributed by atoms with Gasteiger partial charge in [-0.25, -0.2) is 4.99 Å². The zero-order valence-electron chi connectivity index (χ0n) is 17.7. The van der Waals surface area contributed by atoms with Crippen LogP contribution in [-0.4, -0.2) is 45.4 Å². The van der Waals surface area contributed by atoms with Gasteiger partial charge in [-0.1, -0.05) is 30.2 Å². The molecule has 3 rings (SSSR count). The summed E-state index contributed by atoms with van der Waals surface area (Å²) in [4.78, 5) is 7.16. The Morgan fingerprint density at radius 3 is 2.80 bits per heavy atom. The molecule has 2 N–H and O–H groups in total. The fourth-order valence-corrected chi connectivity index (χ4v) is 3.49. The Labute approximate surface area is 179 Å². The van der Waals surface area contributed by atoms with Gasteiger partial charge in [-0.15, -0.1) is 6.42 Å². The Morgan fingerprint density at radius 2 is 2.07 bits per heavy atom. The van der Waals surface area contributed by atoms with Gasteiger partial charge in [-0.2, -0.15) is 0 Å². The van der Waals surface area contributed by atoms with Crippen LogP contribution in [0.4, 0.5) is 5.69 Å². The highest BCUT2D eigenvalue weighted by Crippen LogP contribution is 2.28. The van der Waals surface area contributed by atoms with Gasteiger partial charge in [0.15, 0.2) is 17.5 Å². The number of anilines is 1. The van der Waals surface area contributed by atoms with Crippen molar-refractivity contribution in [3.63, 3.8) is 0 Å². The third-order valence-electron chi connectivity index (χ3n) is 4.95. The van der Waals surface area contributed by atoms with Crippen LogP contribution in [-0.2, 0) is 6.54 Å². The highest BCUT2D eigenvalue weighted by atomic mass is 16.5. The summed E-state index contributed by atoms with van der Waals surface area (Å²) in [6.45, 7) is 5.60. The molecule has 158 valence electrons. The van der Waals surface area contributed by atoms with Gasteiger partial charge in [0.05, 0.1) is 13.7 Å². The summed E-state index contributed by atoms with van der Waals surface area (Å²) >= 11 is 0. The van der Waals surface area contributed by atoms with E-state index in [1.807, 2.05) is 24.3 Å². The van der Waals surface area contributed by atoms with Crippen LogP contribution >= 0.6 is 0 Å². The molecule has 1 fully saturated rings. The van der Waals surface area contributed by atoms with Gasteiger partial charge < -0.3 is 25.0 Å². The zero-order valence-corrected chi connectivity index (χ0v) is 17.7. The molecule has 1 aliphatic rings. The van der Waals surface area contributed by atoms with E-state index in [4.69, 9.17) is 20.9 Å².